The van der Waals surface area contributed by atoms with Crippen LogP contribution in [-0.2, 0) is 24.1 Å². The number of carbonyl (C=O) groups is 2. The zero-order chi connectivity index (χ0) is 19.3. The highest BCUT2D eigenvalue weighted by Crippen LogP contribution is 2.22. The first-order valence-corrected chi connectivity index (χ1v) is 10.3. The first kappa shape index (κ1) is 20.3. The summed E-state index contributed by atoms with van der Waals surface area (Å²) in [6.45, 7) is 2.91. The van der Waals surface area contributed by atoms with Gasteiger partial charge in [-0.3, -0.25) is 4.79 Å². The molecule has 1 aliphatic heterocycles. The van der Waals surface area contributed by atoms with Crippen molar-refractivity contribution in [2.75, 3.05) is 31.4 Å². The van der Waals surface area contributed by atoms with Crippen molar-refractivity contribution in [1.29, 1.82) is 0 Å². The third-order valence-electron chi connectivity index (χ3n) is 4.19. The minimum absolute atomic E-state index is 0.00799. The van der Waals surface area contributed by atoms with Gasteiger partial charge < -0.3 is 20.5 Å². The number of benzene rings is 1. The Morgan fingerprint density at radius 2 is 1.96 bits per heavy atom. The van der Waals surface area contributed by atoms with Gasteiger partial charge in [0.1, 0.15) is 0 Å². The summed E-state index contributed by atoms with van der Waals surface area (Å²) in [5.41, 5.74) is 6.26. The predicted molar refractivity (Wildman–Crippen MR) is 95.7 cm³/mol. The minimum atomic E-state index is -3.58. The van der Waals surface area contributed by atoms with Gasteiger partial charge in [0.2, 0.25) is 5.91 Å². The van der Waals surface area contributed by atoms with Crippen LogP contribution in [0.4, 0.5) is 5.69 Å². The molecule has 0 spiro atoms. The van der Waals surface area contributed by atoms with Crippen LogP contribution in [0.25, 0.3) is 0 Å². The lowest BCUT2D eigenvalue weighted by Crippen LogP contribution is -2.44. The molecule has 0 aromatic heterocycles. The van der Waals surface area contributed by atoms with Gasteiger partial charge in [0, 0.05) is 25.2 Å². The zero-order valence-electron chi connectivity index (χ0n) is 14.9. The van der Waals surface area contributed by atoms with E-state index in [9.17, 15) is 18.0 Å². The number of hydrogen-bond donors (Lipinski definition) is 2. The van der Waals surface area contributed by atoms with Gasteiger partial charge in [-0.25, -0.2) is 13.2 Å². The van der Waals surface area contributed by atoms with Crippen LogP contribution in [0.1, 0.15) is 30.1 Å². The number of anilines is 1. The number of amides is 1. The van der Waals surface area contributed by atoms with Gasteiger partial charge in [0.25, 0.3) is 0 Å². The van der Waals surface area contributed by atoms with Crippen LogP contribution in [-0.4, -0.2) is 52.4 Å². The number of nitrogens with two attached hydrogens (primary N) is 1. The highest BCUT2D eigenvalue weighted by molar-refractivity contribution is 7.90. The molecule has 8 nitrogen and oxygen atoms in total. The van der Waals surface area contributed by atoms with Crippen LogP contribution in [0.2, 0.25) is 0 Å². The summed E-state index contributed by atoms with van der Waals surface area (Å²) in [7, 11) is -3.58. The van der Waals surface area contributed by atoms with Crippen molar-refractivity contribution in [3.05, 3.63) is 23.8 Å². The van der Waals surface area contributed by atoms with Gasteiger partial charge in [0.05, 0.1) is 23.1 Å². The second-order valence-electron chi connectivity index (χ2n) is 6.20. The molecule has 1 aromatic rings. The van der Waals surface area contributed by atoms with Crippen LogP contribution in [0.5, 0.6) is 0 Å². The van der Waals surface area contributed by atoms with Crippen LogP contribution in [0.3, 0.4) is 0 Å². The van der Waals surface area contributed by atoms with Crippen molar-refractivity contribution < 1.29 is 27.5 Å². The predicted octanol–water partition coefficient (Wildman–Crippen LogP) is 0.959. The normalized spacial score (nSPS) is 16.7. The standard InChI is InChI=1S/C17H24N2O6S/c1-3-25-17(21)12-8-13(10-14(9-12)26(2,22)23)19-16(20)15(18)11-4-6-24-7-5-11/h8-11,15H,3-7,18H2,1-2H3,(H,19,20). The summed E-state index contributed by atoms with van der Waals surface area (Å²) in [4.78, 5) is 24.3. The van der Waals surface area contributed by atoms with Crippen molar-refractivity contribution in [3.63, 3.8) is 0 Å². The van der Waals surface area contributed by atoms with Crippen molar-refractivity contribution in [3.8, 4) is 0 Å². The van der Waals surface area contributed by atoms with Gasteiger partial charge >= 0.3 is 5.97 Å². The molecule has 0 radical (unpaired) electrons. The molecule has 1 unspecified atom stereocenters. The molecule has 0 aliphatic carbocycles. The largest absolute Gasteiger partial charge is 0.462 e. The number of esters is 1. The second-order valence-corrected chi connectivity index (χ2v) is 8.22. The lowest BCUT2D eigenvalue weighted by molar-refractivity contribution is -0.119. The van der Waals surface area contributed by atoms with Crippen molar-refractivity contribution in [2.45, 2.75) is 30.7 Å². The van der Waals surface area contributed by atoms with Crippen molar-refractivity contribution >= 4 is 27.4 Å². The van der Waals surface area contributed by atoms with Gasteiger partial charge in [-0.05, 0) is 43.9 Å². The van der Waals surface area contributed by atoms with E-state index in [1.165, 1.54) is 18.2 Å². The Morgan fingerprint density at radius 1 is 1.31 bits per heavy atom. The van der Waals surface area contributed by atoms with Gasteiger partial charge in [-0.2, -0.15) is 0 Å². The molecule has 1 aliphatic rings. The fourth-order valence-electron chi connectivity index (χ4n) is 2.73. The third-order valence-corrected chi connectivity index (χ3v) is 5.28. The Kier molecular flexibility index (Phi) is 6.74. The van der Waals surface area contributed by atoms with E-state index in [1.807, 2.05) is 0 Å². The van der Waals surface area contributed by atoms with Crippen molar-refractivity contribution in [1.82, 2.24) is 0 Å². The van der Waals surface area contributed by atoms with E-state index < -0.39 is 27.8 Å². The van der Waals surface area contributed by atoms with Gasteiger partial charge in [0.15, 0.2) is 9.84 Å². The third kappa shape index (κ3) is 5.26. The highest BCUT2D eigenvalue weighted by Gasteiger charge is 2.27. The summed E-state index contributed by atoms with van der Waals surface area (Å²) >= 11 is 0. The summed E-state index contributed by atoms with van der Waals surface area (Å²) in [5, 5.41) is 2.61. The fourth-order valence-corrected chi connectivity index (χ4v) is 3.41. The van der Waals surface area contributed by atoms with Crippen LogP contribution in [0.15, 0.2) is 23.1 Å². The molecule has 1 heterocycles. The average molecular weight is 384 g/mol. The first-order valence-electron chi connectivity index (χ1n) is 8.39. The van der Waals surface area contributed by atoms with E-state index in [-0.39, 0.29) is 28.7 Å². The molecule has 1 aromatic carbocycles. The maximum absolute atomic E-state index is 12.4. The molecule has 9 heteroatoms. The number of rotatable bonds is 6. The molecule has 1 amide bonds. The maximum Gasteiger partial charge on any atom is 0.338 e. The molecule has 1 saturated heterocycles. The lowest BCUT2D eigenvalue weighted by Gasteiger charge is -2.26. The summed E-state index contributed by atoms with van der Waals surface area (Å²) in [5.74, 6) is -1.11. The van der Waals surface area contributed by atoms with E-state index in [0.29, 0.717) is 26.1 Å². The molecule has 1 fully saturated rings. The molecule has 2 rings (SSSR count). The number of sulfone groups is 1. The maximum atomic E-state index is 12.4. The zero-order valence-corrected chi connectivity index (χ0v) is 15.7. The minimum Gasteiger partial charge on any atom is -0.462 e. The molecule has 3 N–H and O–H groups in total. The number of carbonyl (C=O) groups excluding carboxylic acids is 2. The van der Waals surface area contributed by atoms with E-state index >= 15 is 0 Å². The first-order chi connectivity index (χ1) is 12.2. The van der Waals surface area contributed by atoms with E-state index in [0.717, 1.165) is 6.26 Å². The molecule has 26 heavy (non-hydrogen) atoms. The second kappa shape index (κ2) is 8.61. The summed E-state index contributed by atoms with van der Waals surface area (Å²) in [6.07, 6.45) is 2.40. The van der Waals surface area contributed by atoms with Crippen LogP contribution < -0.4 is 11.1 Å². The molecule has 0 saturated carbocycles. The van der Waals surface area contributed by atoms with E-state index in [2.05, 4.69) is 5.32 Å². The van der Waals surface area contributed by atoms with E-state index in [1.54, 1.807) is 6.92 Å². The molecular weight excluding hydrogens is 360 g/mol. The summed E-state index contributed by atoms with van der Waals surface area (Å²) < 4.78 is 33.9. The van der Waals surface area contributed by atoms with Crippen molar-refractivity contribution in [2.24, 2.45) is 11.7 Å². The quantitative estimate of drug-likeness (QED) is 0.700. The summed E-state index contributed by atoms with van der Waals surface area (Å²) in [6, 6.07) is 3.15. The molecule has 0 bridgehead atoms. The average Bonchev–Trinajstić information content (AvgIpc) is 2.61. The van der Waals surface area contributed by atoms with Crippen LogP contribution in [0, 0.1) is 5.92 Å². The van der Waals surface area contributed by atoms with Gasteiger partial charge in [-0.1, -0.05) is 0 Å². The van der Waals surface area contributed by atoms with E-state index in [4.69, 9.17) is 15.2 Å². The SMILES string of the molecule is CCOC(=O)c1cc(NC(=O)C(N)C2CCOCC2)cc(S(C)(=O)=O)c1. The topological polar surface area (TPSA) is 125 Å². The number of hydrogen-bond acceptors (Lipinski definition) is 7. The number of ether oxygens (including phenoxy) is 2. The number of nitrogens with one attached hydrogen (secondary N) is 1. The Labute approximate surface area is 153 Å². The monoisotopic (exact) mass is 384 g/mol. The van der Waals surface area contributed by atoms with Crippen LogP contribution >= 0.6 is 0 Å². The Hall–Kier alpha value is -1.97. The fraction of sp³-hybridized carbons (Fsp3) is 0.529. The molecular formula is C17H24N2O6S. The molecule has 1 atom stereocenters. The Balaban J connectivity index is 2.25. The molecule has 144 valence electrons. The smallest absolute Gasteiger partial charge is 0.338 e. The lowest BCUT2D eigenvalue weighted by atomic mass is 9.92. The Bertz CT molecular complexity index is 771. The Morgan fingerprint density at radius 3 is 2.54 bits per heavy atom. The highest BCUT2D eigenvalue weighted by atomic mass is 32.2. The van der Waals surface area contributed by atoms with Gasteiger partial charge in [-0.15, -0.1) is 0 Å².